The molecule has 0 saturated heterocycles. The molecule has 2 aromatic heterocycles. The highest BCUT2D eigenvalue weighted by molar-refractivity contribution is 7.16. The highest BCUT2D eigenvalue weighted by atomic mass is 35.5. The summed E-state index contributed by atoms with van der Waals surface area (Å²) in [5.74, 6) is 1.62. The van der Waals surface area contributed by atoms with E-state index in [4.69, 9.17) is 9.47 Å². The molecule has 2 aromatic carbocycles. The van der Waals surface area contributed by atoms with E-state index in [1.807, 2.05) is 12.1 Å². The van der Waals surface area contributed by atoms with Gasteiger partial charge in [0.25, 0.3) is 0 Å². The first-order valence-electron chi connectivity index (χ1n) is 9.20. The molecule has 0 unspecified atom stereocenters. The van der Waals surface area contributed by atoms with Gasteiger partial charge in [-0.2, -0.15) is 9.61 Å². The Bertz CT molecular complexity index is 1100. The number of aromatic nitrogens is 4. The van der Waals surface area contributed by atoms with Crippen molar-refractivity contribution >= 4 is 28.7 Å². The number of benzene rings is 2. The largest absolute Gasteiger partial charge is 0.486 e. The van der Waals surface area contributed by atoms with Gasteiger partial charge in [0.05, 0.1) is 0 Å². The second-order valence-electron chi connectivity index (χ2n) is 7.61. The maximum Gasteiger partial charge on any atom is 0.234 e. The van der Waals surface area contributed by atoms with E-state index in [-0.39, 0.29) is 30.2 Å². The van der Waals surface area contributed by atoms with Crippen molar-refractivity contribution < 1.29 is 13.9 Å². The molecule has 0 fully saturated rings. The molecule has 0 aliphatic rings. The summed E-state index contributed by atoms with van der Waals surface area (Å²) in [4.78, 5) is 0.671. The zero-order valence-corrected chi connectivity index (χ0v) is 18.5. The lowest BCUT2D eigenvalue weighted by Gasteiger charge is -2.19. The number of ether oxygens (including phenoxy) is 2. The van der Waals surface area contributed by atoms with Gasteiger partial charge < -0.3 is 9.47 Å². The Kier molecular flexibility index (Phi) is 6.58. The topological polar surface area (TPSA) is 61.5 Å². The average Bonchev–Trinajstić information content (AvgIpc) is 3.26. The van der Waals surface area contributed by atoms with Crippen LogP contribution in [0, 0.1) is 5.82 Å². The minimum Gasteiger partial charge on any atom is -0.486 e. The highest BCUT2D eigenvalue weighted by Gasteiger charge is 2.14. The first kappa shape index (κ1) is 22.0. The molecule has 0 aliphatic heterocycles. The minimum absolute atomic E-state index is 0. The summed E-state index contributed by atoms with van der Waals surface area (Å²) in [7, 11) is 0. The van der Waals surface area contributed by atoms with Crippen molar-refractivity contribution in [3.8, 4) is 11.5 Å². The van der Waals surface area contributed by atoms with Crippen molar-refractivity contribution in [3.63, 3.8) is 0 Å². The quantitative estimate of drug-likeness (QED) is 0.405. The molecule has 0 spiro atoms. The predicted octanol–water partition coefficient (Wildman–Crippen LogP) is 5.20. The molecule has 0 N–H and O–H groups in total. The van der Waals surface area contributed by atoms with E-state index in [0.717, 1.165) is 10.8 Å². The van der Waals surface area contributed by atoms with Crippen molar-refractivity contribution in [3.05, 3.63) is 70.7 Å². The van der Waals surface area contributed by atoms with Gasteiger partial charge in [0.1, 0.15) is 30.5 Å². The molecule has 0 aliphatic carbocycles. The molecule has 0 saturated carbocycles. The van der Waals surface area contributed by atoms with Crippen molar-refractivity contribution in [1.82, 2.24) is 19.8 Å². The Morgan fingerprint density at radius 3 is 2.13 bits per heavy atom. The Morgan fingerprint density at radius 1 is 0.900 bits per heavy atom. The summed E-state index contributed by atoms with van der Waals surface area (Å²) in [6.45, 7) is 7.07. The summed E-state index contributed by atoms with van der Waals surface area (Å²) >= 11 is 1.42. The van der Waals surface area contributed by atoms with Crippen LogP contribution in [0.2, 0.25) is 0 Å². The summed E-state index contributed by atoms with van der Waals surface area (Å²) in [5, 5.41) is 13.5. The van der Waals surface area contributed by atoms with Crippen molar-refractivity contribution in [2.45, 2.75) is 39.4 Å². The summed E-state index contributed by atoms with van der Waals surface area (Å²) in [6.07, 6.45) is 0. The first-order valence-corrected chi connectivity index (χ1v) is 10.0. The molecule has 0 atom stereocenters. The number of rotatable bonds is 6. The molecule has 0 radical (unpaired) electrons. The third-order valence-corrected chi connectivity index (χ3v) is 5.23. The second kappa shape index (κ2) is 8.97. The third-order valence-electron chi connectivity index (χ3n) is 4.36. The number of hydrogen-bond acceptors (Lipinski definition) is 6. The van der Waals surface area contributed by atoms with Gasteiger partial charge in [-0.25, -0.2) is 4.39 Å². The third kappa shape index (κ3) is 5.06. The van der Waals surface area contributed by atoms with Gasteiger partial charge in [-0.05, 0) is 47.4 Å². The van der Waals surface area contributed by atoms with Crippen LogP contribution in [0.4, 0.5) is 4.39 Å². The van der Waals surface area contributed by atoms with Gasteiger partial charge in [0.15, 0.2) is 10.8 Å². The minimum atomic E-state index is -0.306. The average molecular weight is 449 g/mol. The number of fused-ring (bicyclic) bond motifs is 1. The molecule has 4 aromatic rings. The second-order valence-corrected chi connectivity index (χ2v) is 8.65. The van der Waals surface area contributed by atoms with Crippen LogP contribution >= 0.6 is 23.7 Å². The normalized spacial score (nSPS) is 11.3. The fourth-order valence-corrected chi connectivity index (χ4v) is 3.49. The Labute approximate surface area is 184 Å². The zero-order valence-electron chi connectivity index (χ0n) is 16.8. The van der Waals surface area contributed by atoms with Gasteiger partial charge >= 0.3 is 0 Å². The van der Waals surface area contributed by atoms with Crippen LogP contribution in [-0.4, -0.2) is 19.8 Å². The van der Waals surface area contributed by atoms with Gasteiger partial charge in [-0.1, -0.05) is 44.2 Å². The van der Waals surface area contributed by atoms with Crippen LogP contribution in [0.25, 0.3) is 4.96 Å². The highest BCUT2D eigenvalue weighted by Crippen LogP contribution is 2.25. The van der Waals surface area contributed by atoms with Crippen LogP contribution < -0.4 is 9.47 Å². The molecule has 158 valence electrons. The van der Waals surface area contributed by atoms with Gasteiger partial charge in [0.2, 0.25) is 4.96 Å². The molecular formula is C21H22ClFN4O2S. The summed E-state index contributed by atoms with van der Waals surface area (Å²) in [5.41, 5.74) is 1.37. The number of halogens is 2. The van der Waals surface area contributed by atoms with E-state index in [1.165, 1.54) is 29.0 Å². The maximum absolute atomic E-state index is 13.0. The van der Waals surface area contributed by atoms with E-state index in [2.05, 4.69) is 48.2 Å². The number of hydrogen-bond donors (Lipinski definition) is 0. The number of nitrogens with zero attached hydrogens (tertiary/aromatic N) is 4. The summed E-state index contributed by atoms with van der Waals surface area (Å²) < 4.78 is 26.1. The Morgan fingerprint density at radius 2 is 1.50 bits per heavy atom. The smallest absolute Gasteiger partial charge is 0.234 e. The molecule has 0 bridgehead atoms. The maximum atomic E-state index is 13.0. The van der Waals surface area contributed by atoms with Crippen molar-refractivity contribution in [2.24, 2.45) is 0 Å². The zero-order chi connectivity index (χ0) is 20.4. The van der Waals surface area contributed by atoms with Gasteiger partial charge in [-0.3, -0.25) is 0 Å². The van der Waals surface area contributed by atoms with E-state index in [1.54, 1.807) is 16.6 Å². The van der Waals surface area contributed by atoms with Crippen LogP contribution in [0.1, 0.15) is 37.2 Å². The Balaban J connectivity index is 0.00000256. The van der Waals surface area contributed by atoms with Crippen LogP contribution in [0.5, 0.6) is 11.5 Å². The molecule has 0 amide bonds. The molecule has 9 heteroatoms. The predicted molar refractivity (Wildman–Crippen MR) is 116 cm³/mol. The van der Waals surface area contributed by atoms with Crippen LogP contribution in [0.15, 0.2) is 48.5 Å². The fourth-order valence-electron chi connectivity index (χ4n) is 2.72. The molecule has 30 heavy (non-hydrogen) atoms. The van der Waals surface area contributed by atoms with Crippen molar-refractivity contribution in [1.29, 1.82) is 0 Å². The van der Waals surface area contributed by atoms with Gasteiger partial charge in [-0.15, -0.1) is 22.6 Å². The standard InChI is InChI=1S/C21H21FN4O2S.ClH/c1-21(2,3)14-4-8-16(9-5-14)28-13-19-25-26-18(23-24-20(26)29-19)12-27-17-10-6-15(22)7-11-17;/h4-11H,12-13H2,1-3H3;1H. The van der Waals surface area contributed by atoms with Crippen LogP contribution in [0.3, 0.4) is 0 Å². The van der Waals surface area contributed by atoms with E-state index in [9.17, 15) is 4.39 Å². The van der Waals surface area contributed by atoms with Gasteiger partial charge in [0, 0.05) is 0 Å². The molecular weight excluding hydrogens is 427 g/mol. The lowest BCUT2D eigenvalue weighted by atomic mass is 9.87. The lowest BCUT2D eigenvalue weighted by molar-refractivity contribution is 0.289. The van der Waals surface area contributed by atoms with E-state index < -0.39 is 0 Å². The van der Waals surface area contributed by atoms with E-state index in [0.29, 0.717) is 23.1 Å². The SMILES string of the molecule is CC(C)(C)c1ccc(OCc2nn3c(COc4ccc(F)cc4)nnc3s2)cc1.Cl. The molecule has 2 heterocycles. The Hall–Kier alpha value is -2.71. The van der Waals surface area contributed by atoms with Crippen LogP contribution in [-0.2, 0) is 18.6 Å². The first-order chi connectivity index (χ1) is 13.9. The van der Waals surface area contributed by atoms with Crippen molar-refractivity contribution in [2.75, 3.05) is 0 Å². The monoisotopic (exact) mass is 448 g/mol. The van der Waals surface area contributed by atoms with E-state index >= 15 is 0 Å². The molecule has 6 nitrogen and oxygen atoms in total. The summed E-state index contributed by atoms with van der Waals surface area (Å²) in [6, 6.07) is 13.9. The fraction of sp³-hybridized carbons (Fsp3) is 0.286. The molecule has 4 rings (SSSR count). The lowest BCUT2D eigenvalue weighted by Crippen LogP contribution is -2.10.